The SMILES string of the molecule is Cc1ccccc1NC(=O)[C@@H](C)OC(=O)CCN1C(=O)CCC1=O. The van der Waals surface area contributed by atoms with E-state index in [0.29, 0.717) is 5.69 Å². The molecule has 2 rings (SSSR count). The fourth-order valence-corrected chi connectivity index (χ4v) is 2.33. The molecule has 0 saturated carbocycles. The number of hydrogen-bond donors (Lipinski definition) is 1. The van der Waals surface area contributed by atoms with E-state index in [4.69, 9.17) is 4.74 Å². The molecule has 1 fully saturated rings. The molecule has 1 N–H and O–H groups in total. The lowest BCUT2D eigenvalue weighted by molar-refractivity contribution is -0.154. The quantitative estimate of drug-likeness (QED) is 0.628. The van der Waals surface area contributed by atoms with E-state index in [1.807, 2.05) is 19.1 Å². The Morgan fingerprint density at radius 3 is 2.46 bits per heavy atom. The Morgan fingerprint density at radius 2 is 1.83 bits per heavy atom. The highest BCUT2D eigenvalue weighted by Gasteiger charge is 2.29. The number of esters is 1. The summed E-state index contributed by atoms with van der Waals surface area (Å²) in [7, 11) is 0. The fraction of sp³-hybridized carbons (Fsp3) is 0.412. The molecule has 1 aromatic carbocycles. The largest absolute Gasteiger partial charge is 0.452 e. The molecule has 0 unspecified atom stereocenters. The van der Waals surface area contributed by atoms with Crippen LogP contribution in [-0.4, -0.2) is 41.2 Å². The van der Waals surface area contributed by atoms with Crippen molar-refractivity contribution in [2.45, 2.75) is 39.2 Å². The Labute approximate surface area is 140 Å². The number of benzene rings is 1. The number of nitrogens with one attached hydrogen (secondary N) is 1. The lowest BCUT2D eigenvalue weighted by atomic mass is 10.2. The smallest absolute Gasteiger partial charge is 0.308 e. The van der Waals surface area contributed by atoms with E-state index in [-0.39, 0.29) is 37.6 Å². The number of hydrogen-bond acceptors (Lipinski definition) is 5. The summed E-state index contributed by atoms with van der Waals surface area (Å²) < 4.78 is 5.05. The molecule has 0 radical (unpaired) electrons. The van der Waals surface area contributed by atoms with Crippen molar-refractivity contribution in [2.24, 2.45) is 0 Å². The summed E-state index contributed by atoms with van der Waals surface area (Å²) in [4.78, 5) is 47.8. The van der Waals surface area contributed by atoms with Gasteiger partial charge in [-0.15, -0.1) is 0 Å². The van der Waals surface area contributed by atoms with Gasteiger partial charge in [-0.2, -0.15) is 0 Å². The van der Waals surface area contributed by atoms with E-state index in [1.54, 1.807) is 12.1 Å². The van der Waals surface area contributed by atoms with Crippen LogP contribution in [0.3, 0.4) is 0 Å². The molecule has 7 nitrogen and oxygen atoms in total. The first-order valence-electron chi connectivity index (χ1n) is 7.77. The third-order valence-electron chi connectivity index (χ3n) is 3.77. The molecule has 128 valence electrons. The van der Waals surface area contributed by atoms with Crippen molar-refractivity contribution < 1.29 is 23.9 Å². The summed E-state index contributed by atoms with van der Waals surface area (Å²) in [6.45, 7) is 3.32. The van der Waals surface area contributed by atoms with Crippen molar-refractivity contribution in [3.05, 3.63) is 29.8 Å². The molecule has 1 heterocycles. The van der Waals surface area contributed by atoms with E-state index in [1.165, 1.54) is 6.92 Å². The molecule has 3 amide bonds. The van der Waals surface area contributed by atoms with Crippen LogP contribution in [0.2, 0.25) is 0 Å². The fourth-order valence-electron chi connectivity index (χ4n) is 2.33. The second-order valence-corrected chi connectivity index (χ2v) is 5.63. The average molecular weight is 332 g/mol. The Bertz CT molecular complexity index is 655. The first-order chi connectivity index (χ1) is 11.4. The monoisotopic (exact) mass is 332 g/mol. The van der Waals surface area contributed by atoms with Crippen LogP contribution in [0.15, 0.2) is 24.3 Å². The zero-order chi connectivity index (χ0) is 17.7. The van der Waals surface area contributed by atoms with E-state index < -0.39 is 18.0 Å². The number of imide groups is 1. The maximum Gasteiger partial charge on any atom is 0.308 e. The second-order valence-electron chi connectivity index (χ2n) is 5.63. The molecule has 0 aromatic heterocycles. The molecule has 0 spiro atoms. The van der Waals surface area contributed by atoms with Gasteiger partial charge in [-0.1, -0.05) is 18.2 Å². The summed E-state index contributed by atoms with van der Waals surface area (Å²) in [5, 5.41) is 2.69. The van der Waals surface area contributed by atoms with Crippen LogP contribution in [0.4, 0.5) is 5.69 Å². The predicted octanol–water partition coefficient (Wildman–Crippen LogP) is 1.40. The molecule has 1 aliphatic heterocycles. The lowest BCUT2D eigenvalue weighted by Gasteiger charge is -2.16. The lowest BCUT2D eigenvalue weighted by Crippen LogP contribution is -2.34. The standard InChI is InChI=1S/C17H20N2O5/c1-11-5-3-4-6-13(11)18-17(23)12(2)24-16(22)9-10-19-14(20)7-8-15(19)21/h3-6,12H,7-10H2,1-2H3,(H,18,23)/t12-/m1/s1. The molecule has 1 atom stereocenters. The summed E-state index contributed by atoms with van der Waals surface area (Å²) in [5.74, 6) is -1.63. The average Bonchev–Trinajstić information content (AvgIpc) is 2.86. The third-order valence-corrected chi connectivity index (χ3v) is 3.77. The van der Waals surface area contributed by atoms with Gasteiger partial charge in [0.05, 0.1) is 6.42 Å². The van der Waals surface area contributed by atoms with Crippen LogP contribution >= 0.6 is 0 Å². The third kappa shape index (κ3) is 4.41. The second kappa shape index (κ2) is 7.72. The molecule has 24 heavy (non-hydrogen) atoms. The van der Waals surface area contributed by atoms with Crippen LogP contribution in [0.25, 0.3) is 0 Å². The van der Waals surface area contributed by atoms with Gasteiger partial charge in [0, 0.05) is 25.1 Å². The maximum atomic E-state index is 12.1. The summed E-state index contributed by atoms with van der Waals surface area (Å²) in [5.41, 5.74) is 1.55. The van der Waals surface area contributed by atoms with Gasteiger partial charge in [-0.05, 0) is 25.5 Å². The first-order valence-corrected chi connectivity index (χ1v) is 7.77. The highest BCUT2D eigenvalue weighted by Crippen LogP contribution is 2.14. The van der Waals surface area contributed by atoms with Gasteiger partial charge in [0.25, 0.3) is 5.91 Å². The van der Waals surface area contributed by atoms with Gasteiger partial charge < -0.3 is 10.1 Å². The molecular weight excluding hydrogens is 312 g/mol. The van der Waals surface area contributed by atoms with Gasteiger partial charge in [0.15, 0.2) is 6.10 Å². The van der Waals surface area contributed by atoms with Crippen molar-refractivity contribution in [3.63, 3.8) is 0 Å². The Balaban J connectivity index is 1.80. The molecule has 0 aliphatic carbocycles. The van der Waals surface area contributed by atoms with Gasteiger partial charge in [-0.3, -0.25) is 24.1 Å². The van der Waals surface area contributed by atoms with Crippen LogP contribution < -0.4 is 5.32 Å². The highest BCUT2D eigenvalue weighted by molar-refractivity contribution is 6.02. The minimum Gasteiger partial charge on any atom is -0.452 e. The van der Waals surface area contributed by atoms with Gasteiger partial charge >= 0.3 is 5.97 Å². The molecule has 1 aromatic rings. The maximum absolute atomic E-state index is 12.1. The number of para-hydroxylation sites is 1. The van der Waals surface area contributed by atoms with Crippen molar-refractivity contribution in [3.8, 4) is 0 Å². The van der Waals surface area contributed by atoms with Crippen molar-refractivity contribution in [1.29, 1.82) is 0 Å². The summed E-state index contributed by atoms with van der Waals surface area (Å²) in [6, 6.07) is 7.27. The number of carbonyl (C=O) groups excluding carboxylic acids is 4. The Morgan fingerprint density at radius 1 is 1.21 bits per heavy atom. The number of amides is 3. The number of anilines is 1. The Hall–Kier alpha value is -2.70. The van der Waals surface area contributed by atoms with Crippen LogP contribution in [0.5, 0.6) is 0 Å². The zero-order valence-electron chi connectivity index (χ0n) is 13.7. The molecular formula is C17H20N2O5. The van der Waals surface area contributed by atoms with E-state index >= 15 is 0 Å². The minimum absolute atomic E-state index is 0.0113. The summed E-state index contributed by atoms with van der Waals surface area (Å²) >= 11 is 0. The van der Waals surface area contributed by atoms with E-state index in [9.17, 15) is 19.2 Å². The van der Waals surface area contributed by atoms with Crippen molar-refractivity contribution in [2.75, 3.05) is 11.9 Å². The minimum atomic E-state index is -0.970. The number of carbonyl (C=O) groups is 4. The van der Waals surface area contributed by atoms with Crippen LogP contribution in [-0.2, 0) is 23.9 Å². The normalized spacial score (nSPS) is 15.3. The van der Waals surface area contributed by atoms with Crippen LogP contribution in [0, 0.1) is 6.92 Å². The predicted molar refractivity (Wildman–Crippen MR) is 85.9 cm³/mol. The Kier molecular flexibility index (Phi) is 5.68. The number of nitrogens with zero attached hydrogens (tertiary/aromatic N) is 1. The van der Waals surface area contributed by atoms with Gasteiger partial charge in [0.2, 0.25) is 11.8 Å². The van der Waals surface area contributed by atoms with Gasteiger partial charge in [-0.25, -0.2) is 0 Å². The highest BCUT2D eigenvalue weighted by atomic mass is 16.5. The number of likely N-dealkylation sites (tertiary alicyclic amines) is 1. The topological polar surface area (TPSA) is 92.8 Å². The molecule has 0 bridgehead atoms. The molecule has 1 aliphatic rings. The molecule has 7 heteroatoms. The number of ether oxygens (including phenoxy) is 1. The molecule has 1 saturated heterocycles. The van der Waals surface area contributed by atoms with Crippen molar-refractivity contribution >= 4 is 29.4 Å². The number of rotatable bonds is 6. The first kappa shape index (κ1) is 17.7. The van der Waals surface area contributed by atoms with Crippen molar-refractivity contribution in [1.82, 2.24) is 4.90 Å². The van der Waals surface area contributed by atoms with E-state index in [2.05, 4.69) is 5.32 Å². The van der Waals surface area contributed by atoms with E-state index in [0.717, 1.165) is 10.5 Å². The zero-order valence-corrected chi connectivity index (χ0v) is 13.7. The number of aryl methyl sites for hydroxylation is 1. The van der Waals surface area contributed by atoms with Gasteiger partial charge in [0.1, 0.15) is 0 Å². The van der Waals surface area contributed by atoms with Crippen LogP contribution in [0.1, 0.15) is 31.7 Å². The summed E-state index contributed by atoms with van der Waals surface area (Å²) in [6.07, 6.45) is -0.729.